The fourth-order valence-electron chi connectivity index (χ4n) is 3.09. The molecule has 1 N–H and O–H groups in total. The number of likely N-dealkylation sites (tertiary alicyclic amines) is 1. The maximum Gasteiger partial charge on any atom is 0.321 e. The molecule has 1 aliphatic heterocycles. The van der Waals surface area contributed by atoms with Gasteiger partial charge < -0.3 is 15.0 Å². The quantitative estimate of drug-likeness (QED) is 0.754. The first-order valence-corrected chi connectivity index (χ1v) is 9.30. The average molecular weight is 378 g/mol. The minimum absolute atomic E-state index is 0.0216. The highest BCUT2D eigenvalue weighted by atomic mass is 16.5. The van der Waals surface area contributed by atoms with Crippen LogP contribution in [0.4, 0.5) is 10.5 Å². The third-order valence-corrected chi connectivity index (χ3v) is 4.68. The standard InChI is InChI=1S/C20H22N6O2/c1-15-3-5-16(6-4-15)22-20(27)25-13-9-17(10-14-25)28-19-8-7-18(23-24-19)26-12-2-11-21-26/h2-8,11-12,17H,9-10,13-14H2,1H3,(H,22,27). The predicted octanol–water partition coefficient (Wildman–Crippen LogP) is 3.05. The van der Waals surface area contributed by atoms with Gasteiger partial charge in [0.1, 0.15) is 6.10 Å². The van der Waals surface area contributed by atoms with E-state index in [4.69, 9.17) is 4.74 Å². The maximum absolute atomic E-state index is 12.4. The van der Waals surface area contributed by atoms with Gasteiger partial charge >= 0.3 is 6.03 Å². The van der Waals surface area contributed by atoms with E-state index in [0.29, 0.717) is 24.8 Å². The second-order valence-corrected chi connectivity index (χ2v) is 6.78. The van der Waals surface area contributed by atoms with Crippen LogP contribution >= 0.6 is 0 Å². The van der Waals surface area contributed by atoms with E-state index in [1.54, 1.807) is 16.9 Å². The zero-order valence-corrected chi connectivity index (χ0v) is 15.7. The summed E-state index contributed by atoms with van der Waals surface area (Å²) in [5.41, 5.74) is 1.97. The molecule has 3 heterocycles. The van der Waals surface area contributed by atoms with E-state index in [1.807, 2.05) is 54.4 Å². The number of hydrogen-bond donors (Lipinski definition) is 1. The molecule has 8 heteroatoms. The Morgan fingerprint density at radius 2 is 1.89 bits per heavy atom. The summed E-state index contributed by atoms with van der Waals surface area (Å²) in [6, 6.07) is 13.1. The van der Waals surface area contributed by atoms with Crippen molar-refractivity contribution >= 4 is 11.7 Å². The highest BCUT2D eigenvalue weighted by Crippen LogP contribution is 2.18. The highest BCUT2D eigenvalue weighted by molar-refractivity contribution is 5.89. The molecule has 1 fully saturated rings. The van der Waals surface area contributed by atoms with Gasteiger partial charge in [0, 0.05) is 50.1 Å². The van der Waals surface area contributed by atoms with Gasteiger partial charge in [-0.15, -0.1) is 10.2 Å². The number of amides is 2. The molecule has 2 aromatic heterocycles. The van der Waals surface area contributed by atoms with Gasteiger partial charge in [-0.2, -0.15) is 5.10 Å². The fourth-order valence-corrected chi connectivity index (χ4v) is 3.09. The summed E-state index contributed by atoms with van der Waals surface area (Å²) >= 11 is 0. The van der Waals surface area contributed by atoms with Gasteiger partial charge in [0.25, 0.3) is 0 Å². The Kier molecular flexibility index (Phi) is 5.18. The van der Waals surface area contributed by atoms with E-state index in [9.17, 15) is 4.79 Å². The molecule has 8 nitrogen and oxygen atoms in total. The molecule has 28 heavy (non-hydrogen) atoms. The molecule has 0 bridgehead atoms. The van der Waals surface area contributed by atoms with E-state index < -0.39 is 0 Å². The Balaban J connectivity index is 1.27. The lowest BCUT2D eigenvalue weighted by Crippen LogP contribution is -2.43. The molecule has 1 saturated heterocycles. The second kappa shape index (κ2) is 8.08. The maximum atomic E-state index is 12.4. The van der Waals surface area contributed by atoms with Crippen LogP contribution in [-0.2, 0) is 0 Å². The lowest BCUT2D eigenvalue weighted by Gasteiger charge is -2.31. The number of hydrogen-bond acceptors (Lipinski definition) is 5. The van der Waals surface area contributed by atoms with E-state index in [-0.39, 0.29) is 12.1 Å². The van der Waals surface area contributed by atoms with Crippen LogP contribution in [0.2, 0.25) is 0 Å². The Morgan fingerprint density at radius 3 is 2.54 bits per heavy atom. The van der Waals surface area contributed by atoms with Crippen LogP contribution in [0.5, 0.6) is 5.88 Å². The van der Waals surface area contributed by atoms with Crippen LogP contribution in [0.1, 0.15) is 18.4 Å². The molecular formula is C20H22N6O2. The number of ether oxygens (including phenoxy) is 1. The molecule has 0 aliphatic carbocycles. The number of benzene rings is 1. The summed E-state index contributed by atoms with van der Waals surface area (Å²) in [5, 5.41) is 15.3. The second-order valence-electron chi connectivity index (χ2n) is 6.78. The van der Waals surface area contributed by atoms with Crippen molar-refractivity contribution in [2.75, 3.05) is 18.4 Å². The van der Waals surface area contributed by atoms with Crippen LogP contribution in [0, 0.1) is 6.92 Å². The minimum atomic E-state index is -0.0781. The summed E-state index contributed by atoms with van der Waals surface area (Å²) in [4.78, 5) is 14.2. The SMILES string of the molecule is Cc1ccc(NC(=O)N2CCC(Oc3ccc(-n4cccn4)nn3)CC2)cc1. The number of anilines is 1. The van der Waals surface area contributed by atoms with E-state index in [1.165, 1.54) is 0 Å². The molecule has 0 spiro atoms. The van der Waals surface area contributed by atoms with E-state index in [0.717, 1.165) is 24.1 Å². The van der Waals surface area contributed by atoms with Crippen molar-refractivity contribution in [3.63, 3.8) is 0 Å². The van der Waals surface area contributed by atoms with Crippen molar-refractivity contribution in [1.29, 1.82) is 0 Å². The van der Waals surface area contributed by atoms with Crippen LogP contribution in [-0.4, -0.2) is 50.1 Å². The first-order valence-electron chi connectivity index (χ1n) is 9.30. The Hall–Kier alpha value is -3.42. The average Bonchev–Trinajstić information content (AvgIpc) is 3.26. The Morgan fingerprint density at radius 1 is 1.11 bits per heavy atom. The molecule has 144 valence electrons. The topological polar surface area (TPSA) is 85.2 Å². The lowest BCUT2D eigenvalue weighted by molar-refractivity contribution is 0.110. The van der Waals surface area contributed by atoms with Crippen molar-refractivity contribution < 1.29 is 9.53 Å². The van der Waals surface area contributed by atoms with E-state index >= 15 is 0 Å². The van der Waals surface area contributed by atoms with Crippen LogP contribution in [0.25, 0.3) is 5.82 Å². The summed E-state index contributed by atoms with van der Waals surface area (Å²) in [5.74, 6) is 1.12. The van der Waals surface area contributed by atoms with Crippen molar-refractivity contribution in [2.24, 2.45) is 0 Å². The molecule has 1 aliphatic rings. The van der Waals surface area contributed by atoms with Gasteiger partial charge in [-0.3, -0.25) is 0 Å². The van der Waals surface area contributed by atoms with Crippen molar-refractivity contribution in [1.82, 2.24) is 24.9 Å². The number of aromatic nitrogens is 4. The fraction of sp³-hybridized carbons (Fsp3) is 0.300. The van der Waals surface area contributed by atoms with Gasteiger partial charge in [-0.1, -0.05) is 17.7 Å². The number of urea groups is 1. The molecule has 0 atom stereocenters. The molecule has 2 amide bonds. The normalized spacial score (nSPS) is 14.7. The van der Waals surface area contributed by atoms with Crippen LogP contribution < -0.4 is 10.1 Å². The Labute approximate surface area is 163 Å². The molecule has 3 aromatic rings. The van der Waals surface area contributed by atoms with Gasteiger partial charge in [-0.05, 0) is 31.2 Å². The highest BCUT2D eigenvalue weighted by Gasteiger charge is 2.24. The molecule has 1 aromatic carbocycles. The summed E-state index contributed by atoms with van der Waals surface area (Å²) < 4.78 is 7.57. The van der Waals surface area contributed by atoms with E-state index in [2.05, 4.69) is 20.6 Å². The zero-order valence-electron chi connectivity index (χ0n) is 15.7. The largest absolute Gasteiger partial charge is 0.473 e. The predicted molar refractivity (Wildman–Crippen MR) is 105 cm³/mol. The monoisotopic (exact) mass is 378 g/mol. The molecule has 0 radical (unpaired) electrons. The third kappa shape index (κ3) is 4.28. The number of piperidine rings is 1. The smallest absolute Gasteiger partial charge is 0.321 e. The first-order chi connectivity index (χ1) is 13.7. The number of carbonyl (C=O) groups is 1. The van der Waals surface area contributed by atoms with Crippen molar-refractivity contribution in [3.8, 4) is 11.7 Å². The number of nitrogens with zero attached hydrogens (tertiary/aromatic N) is 5. The van der Waals surface area contributed by atoms with Gasteiger partial charge in [0.15, 0.2) is 5.82 Å². The zero-order chi connectivity index (χ0) is 19.3. The number of rotatable bonds is 4. The first kappa shape index (κ1) is 18.0. The summed E-state index contributed by atoms with van der Waals surface area (Å²) in [6.07, 6.45) is 5.03. The summed E-state index contributed by atoms with van der Waals surface area (Å²) in [6.45, 7) is 3.30. The van der Waals surface area contributed by atoms with Crippen molar-refractivity contribution in [3.05, 3.63) is 60.4 Å². The van der Waals surface area contributed by atoms with Crippen LogP contribution in [0.3, 0.4) is 0 Å². The number of carbonyl (C=O) groups excluding carboxylic acids is 1. The number of aryl methyl sites for hydroxylation is 1. The van der Waals surface area contributed by atoms with Gasteiger partial charge in [-0.25, -0.2) is 9.48 Å². The third-order valence-electron chi connectivity index (χ3n) is 4.68. The van der Waals surface area contributed by atoms with Crippen LogP contribution in [0.15, 0.2) is 54.9 Å². The Bertz CT molecular complexity index is 901. The number of nitrogens with one attached hydrogen (secondary N) is 1. The molecule has 0 unspecified atom stereocenters. The molecular weight excluding hydrogens is 356 g/mol. The lowest BCUT2D eigenvalue weighted by atomic mass is 10.1. The van der Waals surface area contributed by atoms with Gasteiger partial charge in [0.05, 0.1) is 0 Å². The molecule has 0 saturated carbocycles. The molecule has 4 rings (SSSR count). The minimum Gasteiger partial charge on any atom is -0.473 e. The van der Waals surface area contributed by atoms with Gasteiger partial charge in [0.2, 0.25) is 5.88 Å². The summed E-state index contributed by atoms with van der Waals surface area (Å²) in [7, 11) is 0. The van der Waals surface area contributed by atoms with Crippen molar-refractivity contribution in [2.45, 2.75) is 25.9 Å².